The number of aromatic nitrogens is 2. The van der Waals surface area contributed by atoms with E-state index in [0.29, 0.717) is 56.1 Å². The lowest BCUT2D eigenvalue weighted by Crippen LogP contribution is -2.35. The molecule has 6 fully saturated rings. The minimum absolute atomic E-state index is 0.0399. The Hall–Kier alpha value is -5.64. The first-order chi connectivity index (χ1) is 32.7. The summed E-state index contributed by atoms with van der Waals surface area (Å²) in [6.07, 6.45) is 11.7. The quantitative estimate of drug-likeness (QED) is 0.134. The van der Waals surface area contributed by atoms with Crippen LogP contribution in [0.15, 0.2) is 70.6 Å². The third-order valence-electron chi connectivity index (χ3n) is 15.7. The summed E-state index contributed by atoms with van der Waals surface area (Å²) in [6, 6.07) is 18.5. The highest BCUT2D eigenvalue weighted by Crippen LogP contribution is 2.52. The lowest BCUT2D eigenvalue weighted by molar-refractivity contribution is -0.123. The van der Waals surface area contributed by atoms with Gasteiger partial charge >= 0.3 is 11.9 Å². The topological polar surface area (TPSA) is 171 Å². The number of benzene rings is 3. The molecule has 8 atom stereocenters. The number of aliphatic imine (C=N–C) groups is 2. The van der Waals surface area contributed by atoms with Crippen LogP contribution in [-0.2, 0) is 41.9 Å². The van der Waals surface area contributed by atoms with Crippen molar-refractivity contribution in [3.05, 3.63) is 82.9 Å². The Morgan fingerprint density at radius 2 is 0.940 bits per heavy atom. The molecule has 0 spiro atoms. The number of rotatable bonds is 8. The molecule has 0 aliphatic heterocycles. The number of hydrogen-bond donors (Lipinski definition) is 0. The molecule has 15 heteroatoms. The molecule has 0 saturated heterocycles. The van der Waals surface area contributed by atoms with E-state index in [1.807, 2.05) is 60.7 Å². The van der Waals surface area contributed by atoms with Crippen LogP contribution in [0, 0.1) is 47.3 Å². The van der Waals surface area contributed by atoms with Crippen molar-refractivity contribution >= 4 is 121 Å². The molecule has 12 nitrogen and oxygen atoms in total. The third-order valence-corrected chi connectivity index (χ3v) is 18.8. The number of nitrogens with zero attached hydrogens (tertiary/aromatic N) is 4. The van der Waals surface area contributed by atoms with Crippen molar-refractivity contribution in [3.63, 3.8) is 0 Å². The summed E-state index contributed by atoms with van der Waals surface area (Å²) in [5, 5.41) is 0.623. The maximum Gasteiger partial charge on any atom is 0.342 e. The van der Waals surface area contributed by atoms with Gasteiger partial charge in [0.1, 0.15) is 29.1 Å². The minimum Gasteiger partial charge on any atom is -0.457 e. The monoisotopic (exact) mass is 950 g/mol. The normalized spacial score (nSPS) is 27.0. The van der Waals surface area contributed by atoms with Gasteiger partial charge < -0.3 is 9.47 Å². The molecular weight excluding hydrogens is 905 g/mol. The highest BCUT2D eigenvalue weighted by atomic mass is 32.1. The van der Waals surface area contributed by atoms with E-state index in [2.05, 4.69) is 9.98 Å². The van der Waals surface area contributed by atoms with Gasteiger partial charge in [-0.2, -0.15) is 0 Å². The summed E-state index contributed by atoms with van der Waals surface area (Å²) in [5.74, 6) is -2.10. The van der Waals surface area contributed by atoms with Crippen molar-refractivity contribution in [2.45, 2.75) is 90.3 Å². The predicted molar refractivity (Wildman–Crippen MR) is 257 cm³/mol. The standard InChI is InChI=1S/C52H46N4O8S3/c57-41-31-19-27-15-7-8-16-28(27)20-32(31)42(58)39(41)54-51-53-38-37(50(62)64-24-26-13-5-2-6-14-26)45-35(36(46(38)66-51)49(61)63-23-25-11-3-1-4-12-25)47-48(65-45)56-52(67-47)55-40-43(59)33-21-29-17-9-10-18-30(29)22-34(33)44(40)60/h1-6,11-14,27-34H,7-10,15-24H2. The number of carbonyl (C=O) groups is 6. The van der Waals surface area contributed by atoms with E-state index in [1.54, 1.807) is 0 Å². The van der Waals surface area contributed by atoms with Gasteiger partial charge in [0.15, 0.2) is 34.6 Å². The van der Waals surface area contributed by atoms with Crippen LogP contribution in [0.5, 0.6) is 0 Å². The van der Waals surface area contributed by atoms with Gasteiger partial charge in [0.05, 0.1) is 19.7 Å². The molecule has 3 aromatic carbocycles. The average Bonchev–Trinajstić information content (AvgIpc) is 4.14. The van der Waals surface area contributed by atoms with Gasteiger partial charge in [0.25, 0.3) is 0 Å². The highest BCUT2D eigenvalue weighted by Gasteiger charge is 2.54. The molecule has 6 aliphatic rings. The van der Waals surface area contributed by atoms with E-state index in [-0.39, 0.29) is 91.2 Å². The Bertz CT molecular complexity index is 3070. The molecule has 67 heavy (non-hydrogen) atoms. The number of thiophene rings is 1. The molecule has 6 aliphatic carbocycles. The summed E-state index contributed by atoms with van der Waals surface area (Å²) in [5.41, 5.74) is 1.66. The van der Waals surface area contributed by atoms with Crippen molar-refractivity contribution in [1.82, 2.24) is 9.97 Å². The van der Waals surface area contributed by atoms with Crippen LogP contribution in [0.4, 0.5) is 10.3 Å². The van der Waals surface area contributed by atoms with Crippen molar-refractivity contribution in [1.29, 1.82) is 0 Å². The molecule has 0 amide bonds. The minimum atomic E-state index is -0.700. The van der Waals surface area contributed by atoms with E-state index < -0.39 is 23.8 Å². The molecule has 12 rings (SSSR count). The lowest BCUT2D eigenvalue weighted by Gasteiger charge is -2.39. The first kappa shape index (κ1) is 42.7. The zero-order valence-corrected chi connectivity index (χ0v) is 39.0. The van der Waals surface area contributed by atoms with Crippen LogP contribution >= 0.6 is 34.0 Å². The van der Waals surface area contributed by atoms with Crippen LogP contribution in [0.25, 0.3) is 29.8 Å². The van der Waals surface area contributed by atoms with Crippen LogP contribution in [0.3, 0.4) is 0 Å². The third kappa shape index (κ3) is 7.43. The highest BCUT2D eigenvalue weighted by molar-refractivity contribution is 7.34. The number of thiazole rings is 2. The van der Waals surface area contributed by atoms with Gasteiger partial charge in [0, 0.05) is 29.1 Å². The molecule has 0 N–H and O–H groups in total. The molecule has 6 aromatic rings. The number of hydrogen-bond acceptors (Lipinski definition) is 15. The van der Waals surface area contributed by atoms with E-state index in [4.69, 9.17) is 19.4 Å². The summed E-state index contributed by atoms with van der Waals surface area (Å²) < 4.78 is 13.2. The molecule has 6 saturated carbocycles. The zero-order chi connectivity index (χ0) is 45.5. The zero-order valence-electron chi connectivity index (χ0n) is 36.6. The van der Waals surface area contributed by atoms with E-state index in [9.17, 15) is 28.8 Å². The summed E-state index contributed by atoms with van der Waals surface area (Å²) >= 11 is 3.29. The van der Waals surface area contributed by atoms with Crippen molar-refractivity contribution < 1.29 is 38.2 Å². The maximum absolute atomic E-state index is 14.7. The fourth-order valence-electron chi connectivity index (χ4n) is 12.4. The molecule has 340 valence electrons. The number of Topliss-reactive ketones (excluding diaryl/α,β-unsaturated/α-hetero) is 4. The largest absolute Gasteiger partial charge is 0.457 e. The second-order valence-corrected chi connectivity index (χ2v) is 22.3. The number of ketones is 4. The van der Waals surface area contributed by atoms with Gasteiger partial charge in [-0.25, -0.2) is 29.5 Å². The summed E-state index contributed by atoms with van der Waals surface area (Å²) in [4.78, 5) is 105. The fraction of sp³-hybridized carbons (Fsp3) is 0.423. The van der Waals surface area contributed by atoms with Crippen LogP contribution in [0.1, 0.15) is 109 Å². The number of ether oxygens (including phenoxy) is 2. The molecule has 0 radical (unpaired) electrons. The van der Waals surface area contributed by atoms with Gasteiger partial charge in [-0.15, -0.1) is 11.3 Å². The van der Waals surface area contributed by atoms with Gasteiger partial charge in [-0.1, -0.05) is 135 Å². The van der Waals surface area contributed by atoms with Crippen molar-refractivity contribution in [2.75, 3.05) is 0 Å². The van der Waals surface area contributed by atoms with E-state index >= 15 is 0 Å². The van der Waals surface area contributed by atoms with E-state index in [1.165, 1.54) is 0 Å². The molecule has 3 aromatic heterocycles. The average molecular weight is 951 g/mol. The first-order valence-corrected chi connectivity index (χ1v) is 26.1. The molecule has 3 heterocycles. The second kappa shape index (κ2) is 17.2. The summed E-state index contributed by atoms with van der Waals surface area (Å²) in [6.45, 7) is -0.0871. The predicted octanol–water partition coefficient (Wildman–Crippen LogP) is 10.9. The van der Waals surface area contributed by atoms with E-state index in [0.717, 1.165) is 109 Å². The van der Waals surface area contributed by atoms with Gasteiger partial charge in [-0.05, 0) is 60.5 Å². The Balaban J connectivity index is 0.992. The lowest BCUT2D eigenvalue weighted by atomic mass is 9.64. The van der Waals surface area contributed by atoms with Crippen LogP contribution in [0.2, 0.25) is 0 Å². The Labute approximate surface area is 397 Å². The Morgan fingerprint density at radius 1 is 0.522 bits per heavy atom. The van der Waals surface area contributed by atoms with Crippen molar-refractivity contribution in [2.24, 2.45) is 57.3 Å². The molecule has 0 bridgehead atoms. The first-order valence-electron chi connectivity index (χ1n) is 23.6. The smallest absolute Gasteiger partial charge is 0.342 e. The summed E-state index contributed by atoms with van der Waals surface area (Å²) in [7, 11) is 0. The second-order valence-electron chi connectivity index (χ2n) is 19.3. The SMILES string of the molecule is O=C(OCc1ccccc1)c1c2nc(N=C3C(=O)C4CC5CCCCC5CC4C3=O)sc2c(C(=O)OCc2ccccc2)c2c1sc1nc(N=C3C(=O)C4CC5CCCCC5CC4C3=O)sc12. The van der Waals surface area contributed by atoms with Crippen LogP contribution < -0.4 is 0 Å². The number of esters is 2. The molecule has 8 unspecified atom stereocenters. The Kier molecular flexibility index (Phi) is 10.9. The maximum atomic E-state index is 14.7. The van der Waals surface area contributed by atoms with Gasteiger partial charge in [0.2, 0.25) is 10.3 Å². The fourth-order valence-corrected chi connectivity index (χ4v) is 15.8. The Morgan fingerprint density at radius 3 is 1.40 bits per heavy atom. The number of fused-ring (bicyclic) bond motifs is 8. The van der Waals surface area contributed by atoms with Crippen molar-refractivity contribution in [3.8, 4) is 0 Å². The van der Waals surface area contributed by atoms with Gasteiger partial charge in [-0.3, -0.25) is 19.2 Å². The molecular formula is C52H46N4O8S3. The number of carbonyl (C=O) groups excluding carboxylic acids is 6. The van der Waals surface area contributed by atoms with Crippen LogP contribution in [-0.4, -0.2) is 56.5 Å².